The number of ether oxygens (including phenoxy) is 2. The van der Waals surface area contributed by atoms with E-state index in [0.29, 0.717) is 21.9 Å². The molecule has 0 aliphatic carbocycles. The van der Waals surface area contributed by atoms with E-state index in [-0.39, 0.29) is 144 Å². The molecule has 0 atom stereocenters. The van der Waals surface area contributed by atoms with E-state index in [0.717, 1.165) is 40.5 Å². The first-order valence-electron chi connectivity index (χ1n) is 19.7. The maximum absolute atomic E-state index is 12.9. The zero-order valence-corrected chi connectivity index (χ0v) is 50.1. The Bertz CT molecular complexity index is 1980. The van der Waals surface area contributed by atoms with E-state index >= 15 is 0 Å². The SMILES string of the molecule is CC(=O)[O-].CC(=O)[O-].CCO.CCO.CO.CO.COc1cccc(/C=N/OCCO/N=C/c2c([O-])c([O-])c(/C=N/OCCO/N=C/c3cccc(OC)c3[O-])c3ccccc23)c1[O-].ClC(Cl)Cl.ClC(Cl)Cl.[Ca+2].[Ni+2].[Ni+2]. The fourth-order valence-electron chi connectivity index (χ4n) is 4.02. The number of carboxylic acids is 2. The van der Waals surface area contributed by atoms with Gasteiger partial charge in [-0.2, -0.15) is 0 Å². The molecule has 0 aromatic heterocycles. The molecule has 0 heterocycles. The average Bonchev–Trinajstić information content (AvgIpc) is 3.32. The number of nitrogens with zero attached hydrogens (tertiary/aromatic N) is 4. The molecule has 424 valence electrons. The van der Waals surface area contributed by atoms with E-state index in [4.69, 9.17) is 139 Å². The number of rotatable bonds is 16. The van der Waals surface area contributed by atoms with Gasteiger partial charge in [-0.15, -0.1) is 11.5 Å². The molecule has 0 unspecified atom stereocenters. The van der Waals surface area contributed by atoms with Crippen molar-refractivity contribution in [3.8, 4) is 34.5 Å². The molecule has 0 aliphatic heterocycles. The first-order chi connectivity index (χ1) is 34.2. The largest absolute Gasteiger partial charge is 2.00 e. The van der Waals surface area contributed by atoms with Crippen LogP contribution in [0.5, 0.6) is 34.5 Å². The molecule has 4 N–H and O–H groups in total. The Morgan fingerprint density at radius 2 is 0.747 bits per heavy atom. The summed E-state index contributed by atoms with van der Waals surface area (Å²) in [5.74, 6) is -4.02. The van der Waals surface area contributed by atoms with Gasteiger partial charge in [0.15, 0.2) is 35.0 Å². The van der Waals surface area contributed by atoms with Gasteiger partial charge in [-0.25, -0.2) is 0 Å². The van der Waals surface area contributed by atoms with Gasteiger partial charge in [0.25, 0.3) is 0 Å². The van der Waals surface area contributed by atoms with Gasteiger partial charge in [-0.3, -0.25) is 0 Å². The number of carbonyl (C=O) groups is 2. The van der Waals surface area contributed by atoms with Gasteiger partial charge in [-0.05, 0) is 72.9 Å². The zero-order chi connectivity index (χ0) is 56.5. The molecule has 4 aromatic rings. The molecule has 0 spiro atoms. The summed E-state index contributed by atoms with van der Waals surface area (Å²) in [4.78, 5) is 38.2. The van der Waals surface area contributed by atoms with E-state index in [9.17, 15) is 20.4 Å². The van der Waals surface area contributed by atoms with Crippen molar-refractivity contribution < 1.29 is 122 Å². The van der Waals surface area contributed by atoms with Crippen LogP contribution in [-0.2, 0) is 61.9 Å². The minimum Gasteiger partial charge on any atom is -0.872 e. The van der Waals surface area contributed by atoms with E-state index < -0.39 is 32.0 Å². The number of halogens is 6. The fourth-order valence-corrected chi connectivity index (χ4v) is 4.02. The summed E-state index contributed by atoms with van der Waals surface area (Å²) >= 11 is 28.8. The number of para-hydroxylation sites is 2. The predicted molar refractivity (Wildman–Crippen MR) is 274 cm³/mol. The quantitative estimate of drug-likeness (QED) is 0.0411. The van der Waals surface area contributed by atoms with E-state index in [1.807, 2.05) is 0 Å². The number of benzene rings is 4. The van der Waals surface area contributed by atoms with Crippen LogP contribution in [0, 0.1) is 0 Å². The van der Waals surface area contributed by atoms with Crippen molar-refractivity contribution >= 4 is 155 Å². The third-order valence-electron chi connectivity index (χ3n) is 6.24. The molecule has 0 bridgehead atoms. The summed E-state index contributed by atoms with van der Waals surface area (Å²) in [5.41, 5.74) is 0.675. The van der Waals surface area contributed by atoms with E-state index in [1.165, 1.54) is 26.6 Å². The molecule has 22 nitrogen and oxygen atoms in total. The number of fused-ring (bicyclic) bond motifs is 1. The minimum atomic E-state index is -1.08. The summed E-state index contributed by atoms with van der Waals surface area (Å²) in [5, 5.41) is 113. The second-order valence-electron chi connectivity index (χ2n) is 11.2. The molecule has 0 aliphatic rings. The van der Waals surface area contributed by atoms with Gasteiger partial charge in [0.05, 0.1) is 39.1 Å². The first-order valence-corrected chi connectivity index (χ1v) is 22.4. The molecule has 0 radical (unpaired) electrons. The number of carboxylic acid groups (broad SMARTS) is 2. The van der Waals surface area contributed by atoms with Gasteiger partial charge < -0.3 is 89.5 Å². The van der Waals surface area contributed by atoms with E-state index in [2.05, 4.69) is 20.6 Å². The maximum atomic E-state index is 12.9. The number of alkyl halides is 6. The Morgan fingerprint density at radius 3 is 0.973 bits per heavy atom. The number of methoxy groups -OCH3 is 2. The van der Waals surface area contributed by atoms with Crippen LogP contribution in [0.2, 0.25) is 0 Å². The second kappa shape index (κ2) is 61.4. The number of aliphatic hydroxyl groups excluding tert-OH is 4. The molecule has 31 heteroatoms. The van der Waals surface area contributed by atoms with Gasteiger partial charge in [0.2, 0.25) is 0 Å². The van der Waals surface area contributed by atoms with Gasteiger partial charge >= 0.3 is 70.7 Å². The maximum Gasteiger partial charge on any atom is 2.00 e. The van der Waals surface area contributed by atoms with Gasteiger partial charge in [0, 0.05) is 39.4 Å². The van der Waals surface area contributed by atoms with Gasteiger partial charge in [0.1, 0.15) is 11.5 Å². The summed E-state index contributed by atoms with van der Waals surface area (Å²) in [7, 11) is 4.80. The number of aliphatic carboxylic acids is 2. The molecule has 0 fully saturated rings. The van der Waals surface area contributed by atoms with Crippen LogP contribution in [0.25, 0.3) is 10.8 Å². The van der Waals surface area contributed by atoms with Crippen molar-refractivity contribution in [1.29, 1.82) is 0 Å². The van der Waals surface area contributed by atoms with Crippen LogP contribution in [0.15, 0.2) is 81.3 Å². The molecule has 0 saturated heterocycles. The molecule has 0 amide bonds. The van der Waals surface area contributed by atoms with Crippen molar-refractivity contribution in [2.75, 3.05) is 68.1 Å². The Hall–Kier alpha value is -3.41. The van der Waals surface area contributed by atoms with Crippen molar-refractivity contribution in [1.82, 2.24) is 0 Å². The monoisotopic (exact) mass is 1290 g/mol. The molecular weight excluding hydrogens is 1240 g/mol. The van der Waals surface area contributed by atoms with Crippen molar-refractivity contribution in [2.24, 2.45) is 20.6 Å². The summed E-state index contributed by atoms with van der Waals surface area (Å²) in [6.07, 6.45) is 4.83. The third kappa shape index (κ3) is 49.9. The Morgan fingerprint density at radius 1 is 0.520 bits per heavy atom. The molecule has 4 aromatic carbocycles. The van der Waals surface area contributed by atoms with Crippen molar-refractivity contribution in [2.45, 2.75) is 36.3 Å². The van der Waals surface area contributed by atoms with Crippen molar-refractivity contribution in [3.63, 3.8) is 0 Å². The van der Waals surface area contributed by atoms with Gasteiger partial charge in [-0.1, -0.05) is 150 Å². The molecule has 0 saturated carbocycles. The van der Waals surface area contributed by atoms with Crippen LogP contribution in [0.1, 0.15) is 49.9 Å². The van der Waals surface area contributed by atoms with Crippen LogP contribution in [-0.4, -0.2) is 172 Å². The van der Waals surface area contributed by atoms with Crippen LogP contribution in [0.4, 0.5) is 0 Å². The topological polar surface area (TPSA) is 358 Å². The zero-order valence-electron chi connectivity index (χ0n) is 41.4. The average molecular weight is 1300 g/mol. The number of aliphatic hydroxyl groups is 4. The summed E-state index contributed by atoms with van der Waals surface area (Å²) in [6, 6.07) is 16.3. The first kappa shape index (κ1) is 88.2. The van der Waals surface area contributed by atoms with Crippen LogP contribution >= 0.6 is 69.6 Å². The summed E-state index contributed by atoms with van der Waals surface area (Å²) in [6.45, 7) is 5.76. The molecule has 4 rings (SSSR count). The van der Waals surface area contributed by atoms with Crippen molar-refractivity contribution in [3.05, 3.63) is 82.9 Å². The number of hydrogen-bond donors (Lipinski definition) is 4. The Labute approximate surface area is 515 Å². The Kier molecular flexibility index (Phi) is 72.3. The van der Waals surface area contributed by atoms with Crippen LogP contribution in [0.3, 0.4) is 0 Å². The second-order valence-corrected chi connectivity index (χ2v) is 15.1. The fraction of sp³-hybridized carbons (Fsp3) is 0.364. The van der Waals surface area contributed by atoms with Crippen LogP contribution < -0.4 is 40.1 Å². The number of carbonyl (C=O) groups excluding carboxylic acids is 2. The predicted octanol–water partition coefficient (Wildman–Crippen LogP) is 2.27. The molecule has 75 heavy (non-hydrogen) atoms. The third-order valence-corrected chi connectivity index (χ3v) is 6.24. The Balaban J connectivity index is -0.000000217. The summed E-state index contributed by atoms with van der Waals surface area (Å²) < 4.78 is 8.45. The normalized spacial score (nSPS) is 9.39. The number of oxime groups is 4. The molecular formula is C44H56CaCl6N4Ni2O18. The standard InChI is InChI=1S/C32H32N4O10.2C2H4O2.2C2H6O.2CHCl3.2CH4O.Ca.2Ni/c1-41-27-11-5-7-21(29(27)37)17-33-43-13-15-45-35-19-25-23-9-3-4-10-24(23)26(32(40)31(25)39)20-36-46-16-14-44-34-18-22-8-6-12-28(42-2)30(22)38;2*1-2(3)4;2*1-2-3;2*2-1(3)4;2*1-2;;;/h3-12,17-20,37-40H,13-16H2,1-2H3;2*1H3,(H,3,4);2*3H,2H2,1H3;2*1H;2*2H,1H3;;;/q;;;;;;;;;3*+2/p-6/b33-17+,34-18+,35-19+,36-20+;;;;;;;;;;;. The minimum absolute atomic E-state index is 0. The van der Waals surface area contributed by atoms with E-state index in [1.54, 1.807) is 74.5 Å². The number of hydrogen-bond acceptors (Lipinski definition) is 22. The smallest absolute Gasteiger partial charge is 0.872 e.